The van der Waals surface area contributed by atoms with Crippen LogP contribution in [0.5, 0.6) is 0 Å². The normalized spacial score (nSPS) is 16.7. The summed E-state index contributed by atoms with van der Waals surface area (Å²) in [5.41, 5.74) is 1.40. The zero-order valence-electron chi connectivity index (χ0n) is 11.9. The predicted octanol–water partition coefficient (Wildman–Crippen LogP) is 4.10. The molecule has 23 heavy (non-hydrogen) atoms. The number of hydrogen-bond donors (Lipinski definition) is 1. The van der Waals surface area contributed by atoms with E-state index < -0.39 is 11.1 Å². The average Bonchev–Trinajstić information content (AvgIpc) is 2.51. The lowest BCUT2D eigenvalue weighted by atomic mass is 10.0. The van der Waals surface area contributed by atoms with Crippen LogP contribution < -0.4 is 5.32 Å². The van der Waals surface area contributed by atoms with Crippen molar-refractivity contribution in [3.8, 4) is 0 Å². The quantitative estimate of drug-likeness (QED) is 0.652. The van der Waals surface area contributed by atoms with Gasteiger partial charge in [0.25, 0.3) is 11.6 Å². The SMILES string of the molecule is CN1C(=O)c2ccc(Cl)cc2NC1c1cc([N+](=O)[O-])ccc1Cl. The van der Waals surface area contributed by atoms with E-state index in [-0.39, 0.29) is 11.6 Å². The summed E-state index contributed by atoms with van der Waals surface area (Å²) < 4.78 is 0. The van der Waals surface area contributed by atoms with Crippen LogP contribution in [0.2, 0.25) is 10.0 Å². The number of halogens is 2. The number of nitrogens with one attached hydrogen (secondary N) is 1. The number of carbonyl (C=O) groups excluding carboxylic acids is 1. The Labute approximate surface area is 141 Å². The van der Waals surface area contributed by atoms with Crippen molar-refractivity contribution >= 4 is 40.5 Å². The number of anilines is 1. The number of nitro benzene ring substituents is 1. The smallest absolute Gasteiger partial charge is 0.269 e. The van der Waals surface area contributed by atoms with Crippen molar-refractivity contribution in [2.75, 3.05) is 12.4 Å². The molecule has 3 rings (SSSR count). The molecule has 1 atom stereocenters. The van der Waals surface area contributed by atoms with Gasteiger partial charge in [-0.1, -0.05) is 23.2 Å². The summed E-state index contributed by atoms with van der Waals surface area (Å²) in [6.45, 7) is 0. The summed E-state index contributed by atoms with van der Waals surface area (Å²) in [5, 5.41) is 15.0. The Bertz CT molecular complexity index is 826. The number of carbonyl (C=O) groups is 1. The van der Waals surface area contributed by atoms with E-state index in [0.717, 1.165) is 0 Å². The molecule has 1 unspecified atom stereocenters. The fourth-order valence-corrected chi connectivity index (χ4v) is 2.91. The third-order valence-electron chi connectivity index (χ3n) is 3.70. The Hall–Kier alpha value is -2.31. The van der Waals surface area contributed by atoms with Crippen molar-refractivity contribution in [2.45, 2.75) is 6.17 Å². The maximum atomic E-state index is 12.5. The Morgan fingerprint density at radius 2 is 1.96 bits per heavy atom. The van der Waals surface area contributed by atoms with Crippen LogP contribution >= 0.6 is 23.2 Å². The van der Waals surface area contributed by atoms with Gasteiger partial charge in [-0.15, -0.1) is 0 Å². The maximum Gasteiger partial charge on any atom is 0.269 e. The van der Waals surface area contributed by atoms with Gasteiger partial charge in [0.1, 0.15) is 6.17 Å². The lowest BCUT2D eigenvalue weighted by Gasteiger charge is -2.35. The predicted molar refractivity (Wildman–Crippen MR) is 88.0 cm³/mol. The standard InChI is InChI=1S/C15H11Cl2N3O3/c1-19-14(11-7-9(20(22)23)3-5-12(11)17)18-13-6-8(16)2-4-10(13)15(19)21/h2-7,14,18H,1H3. The molecule has 0 saturated heterocycles. The zero-order valence-corrected chi connectivity index (χ0v) is 13.4. The van der Waals surface area contributed by atoms with Gasteiger partial charge in [0.15, 0.2) is 0 Å². The first kappa shape index (κ1) is 15.6. The van der Waals surface area contributed by atoms with Gasteiger partial charge < -0.3 is 10.2 Å². The summed E-state index contributed by atoms with van der Waals surface area (Å²) in [5.74, 6) is -0.219. The maximum absolute atomic E-state index is 12.5. The molecule has 0 bridgehead atoms. The Balaban J connectivity index is 2.09. The number of nitrogens with zero attached hydrogens (tertiary/aromatic N) is 2. The van der Waals surface area contributed by atoms with Crippen molar-refractivity contribution in [1.29, 1.82) is 0 Å². The largest absolute Gasteiger partial charge is 0.361 e. The number of amides is 1. The molecule has 8 heteroatoms. The highest BCUT2D eigenvalue weighted by Crippen LogP contribution is 2.37. The lowest BCUT2D eigenvalue weighted by Crippen LogP contribution is -2.40. The molecular weight excluding hydrogens is 341 g/mol. The minimum atomic E-state index is -0.624. The van der Waals surface area contributed by atoms with Gasteiger partial charge in [0.05, 0.1) is 16.2 Å². The van der Waals surface area contributed by atoms with E-state index in [1.54, 1.807) is 25.2 Å². The number of rotatable bonds is 2. The molecular formula is C15H11Cl2N3O3. The summed E-state index contributed by atoms with van der Waals surface area (Å²) in [7, 11) is 1.60. The van der Waals surface area contributed by atoms with Crippen molar-refractivity contribution in [3.05, 3.63) is 67.7 Å². The Morgan fingerprint density at radius 3 is 2.65 bits per heavy atom. The fourth-order valence-electron chi connectivity index (χ4n) is 2.51. The van der Waals surface area contributed by atoms with Gasteiger partial charge in [0.2, 0.25) is 0 Å². The first-order valence-electron chi connectivity index (χ1n) is 6.65. The van der Waals surface area contributed by atoms with Gasteiger partial charge in [-0.05, 0) is 24.3 Å². The molecule has 6 nitrogen and oxygen atoms in total. The summed E-state index contributed by atoms with van der Waals surface area (Å²) in [6, 6.07) is 9.03. The molecule has 0 radical (unpaired) electrons. The molecule has 1 aliphatic heterocycles. The minimum absolute atomic E-state index is 0.0936. The summed E-state index contributed by atoms with van der Waals surface area (Å²) in [4.78, 5) is 24.4. The number of non-ortho nitro benzene ring substituents is 1. The number of fused-ring (bicyclic) bond motifs is 1. The van der Waals surface area contributed by atoms with Crippen LogP contribution in [0.25, 0.3) is 0 Å². The van der Waals surface area contributed by atoms with E-state index >= 15 is 0 Å². The molecule has 0 saturated carbocycles. The van der Waals surface area contributed by atoms with Crippen LogP contribution in [0.15, 0.2) is 36.4 Å². The number of nitro groups is 1. The average molecular weight is 352 g/mol. The van der Waals surface area contributed by atoms with Gasteiger partial charge in [0, 0.05) is 34.8 Å². The first-order chi connectivity index (χ1) is 10.9. The molecule has 1 N–H and O–H groups in total. The molecule has 0 fully saturated rings. The van der Waals surface area contributed by atoms with Crippen LogP contribution in [0.4, 0.5) is 11.4 Å². The monoisotopic (exact) mass is 351 g/mol. The van der Waals surface area contributed by atoms with E-state index in [4.69, 9.17) is 23.2 Å². The van der Waals surface area contributed by atoms with Crippen LogP contribution in [0.1, 0.15) is 22.1 Å². The highest BCUT2D eigenvalue weighted by Gasteiger charge is 2.32. The summed E-state index contributed by atoms with van der Waals surface area (Å²) >= 11 is 12.2. The topological polar surface area (TPSA) is 75.5 Å². The van der Waals surface area contributed by atoms with Gasteiger partial charge in [-0.3, -0.25) is 14.9 Å². The third-order valence-corrected chi connectivity index (χ3v) is 4.28. The molecule has 2 aromatic carbocycles. The van der Waals surface area contributed by atoms with E-state index in [9.17, 15) is 14.9 Å². The second kappa shape index (κ2) is 5.72. The Kier molecular flexibility index (Phi) is 3.87. The molecule has 1 heterocycles. The van der Waals surface area contributed by atoms with Gasteiger partial charge in [-0.2, -0.15) is 0 Å². The van der Waals surface area contributed by atoms with Crippen molar-refractivity contribution < 1.29 is 9.72 Å². The molecule has 1 amide bonds. The number of benzene rings is 2. The summed E-state index contributed by atoms with van der Waals surface area (Å²) in [6.07, 6.45) is -0.624. The molecule has 0 aliphatic carbocycles. The van der Waals surface area contributed by atoms with Gasteiger partial charge in [-0.25, -0.2) is 0 Å². The molecule has 0 aromatic heterocycles. The second-order valence-corrected chi connectivity index (χ2v) is 5.96. The Morgan fingerprint density at radius 1 is 1.22 bits per heavy atom. The zero-order chi connectivity index (χ0) is 16.7. The van der Waals surface area contributed by atoms with Crippen LogP contribution in [-0.2, 0) is 0 Å². The fraction of sp³-hybridized carbons (Fsp3) is 0.133. The molecule has 0 spiro atoms. The second-order valence-electron chi connectivity index (χ2n) is 5.12. The van der Waals surface area contributed by atoms with Gasteiger partial charge >= 0.3 is 0 Å². The van der Waals surface area contributed by atoms with E-state index in [2.05, 4.69) is 5.32 Å². The van der Waals surface area contributed by atoms with Crippen molar-refractivity contribution in [1.82, 2.24) is 4.90 Å². The van der Waals surface area contributed by atoms with Crippen LogP contribution in [-0.4, -0.2) is 22.8 Å². The van der Waals surface area contributed by atoms with Crippen molar-refractivity contribution in [2.24, 2.45) is 0 Å². The lowest BCUT2D eigenvalue weighted by molar-refractivity contribution is -0.384. The van der Waals surface area contributed by atoms with E-state index in [0.29, 0.717) is 26.9 Å². The highest BCUT2D eigenvalue weighted by molar-refractivity contribution is 6.32. The third kappa shape index (κ3) is 2.71. The molecule has 1 aliphatic rings. The van der Waals surface area contributed by atoms with E-state index in [1.807, 2.05) is 0 Å². The minimum Gasteiger partial charge on any atom is -0.361 e. The molecule has 118 valence electrons. The van der Waals surface area contributed by atoms with E-state index in [1.165, 1.54) is 23.1 Å². The first-order valence-corrected chi connectivity index (χ1v) is 7.41. The van der Waals surface area contributed by atoms with Crippen molar-refractivity contribution in [3.63, 3.8) is 0 Å². The van der Waals surface area contributed by atoms with Crippen LogP contribution in [0, 0.1) is 10.1 Å². The number of hydrogen-bond acceptors (Lipinski definition) is 4. The molecule has 2 aromatic rings. The highest BCUT2D eigenvalue weighted by atomic mass is 35.5. The van der Waals surface area contributed by atoms with Crippen LogP contribution in [0.3, 0.4) is 0 Å².